The molecule has 1 aliphatic rings. The molecule has 6 heavy (non-hydrogen) atoms. The topological polar surface area (TPSA) is 0 Å². The van der Waals surface area contributed by atoms with Gasteiger partial charge in [-0.1, -0.05) is 11.2 Å². The van der Waals surface area contributed by atoms with Crippen molar-refractivity contribution >= 4 is 20.6 Å². The average molecular weight is 120 g/mol. The van der Waals surface area contributed by atoms with Gasteiger partial charge in [0.2, 0.25) is 0 Å². The molecule has 36 valence electrons. The molecule has 0 N–H and O–H groups in total. The first-order valence-corrected chi connectivity index (χ1v) is 4.73. The van der Waals surface area contributed by atoms with Gasteiger partial charge in [-0.25, -0.2) is 0 Å². The van der Waals surface area contributed by atoms with Gasteiger partial charge in [0, 0.05) is 0 Å². The van der Waals surface area contributed by atoms with E-state index in [9.17, 15) is 0 Å². The van der Waals surface area contributed by atoms with Crippen LogP contribution >= 0.6 is 0 Å². The summed E-state index contributed by atoms with van der Waals surface area (Å²) in [6.45, 7) is 0. The Balaban J connectivity index is 2.37. The highest BCUT2D eigenvalue weighted by atomic mass is 32.8. The molecule has 1 saturated heterocycles. The van der Waals surface area contributed by atoms with Gasteiger partial charge >= 0.3 is 0 Å². The monoisotopic (exact) mass is 120 g/mol. The third-order valence-electron chi connectivity index (χ3n) is 0.994. The van der Waals surface area contributed by atoms with E-state index in [1.807, 2.05) is 0 Å². The van der Waals surface area contributed by atoms with Crippen LogP contribution in [-0.2, 0) is 20.6 Å². The molecule has 1 aliphatic heterocycles. The summed E-state index contributed by atoms with van der Waals surface area (Å²) in [5.74, 6) is 2.66. The minimum atomic E-state index is 0.410. The van der Waals surface area contributed by atoms with Crippen LogP contribution in [0, 0.1) is 0 Å². The summed E-state index contributed by atoms with van der Waals surface area (Å²) in [5, 5.41) is 0. The van der Waals surface area contributed by atoms with Crippen molar-refractivity contribution < 1.29 is 0 Å². The minimum absolute atomic E-state index is 0.410. The van der Waals surface area contributed by atoms with Crippen LogP contribution in [0.25, 0.3) is 0 Å². The van der Waals surface area contributed by atoms with Crippen LogP contribution in [0.2, 0.25) is 0 Å². The Bertz CT molecular complexity index is 59.9. The van der Waals surface area contributed by atoms with E-state index in [0.717, 1.165) is 0 Å². The van der Waals surface area contributed by atoms with Gasteiger partial charge in [0.1, 0.15) is 0 Å². The fraction of sp³-hybridized carbons (Fsp3) is 1.00. The van der Waals surface area contributed by atoms with E-state index in [1.165, 1.54) is 24.3 Å². The second-order valence-corrected chi connectivity index (χ2v) is 4.67. The Morgan fingerprint density at radius 1 is 1.17 bits per heavy atom. The normalized spacial score (nSPS) is 25.3. The molecule has 0 aliphatic carbocycles. The fourth-order valence-electron chi connectivity index (χ4n) is 0.628. The first-order valence-electron chi connectivity index (χ1n) is 2.24. The largest absolute Gasteiger partial charge is 0.122 e. The molecule has 0 aromatic rings. The predicted octanol–water partition coefficient (Wildman–Crippen LogP) is 0.860. The van der Waals surface area contributed by atoms with Crippen molar-refractivity contribution in [3.8, 4) is 0 Å². The third kappa shape index (κ3) is 1.02. The minimum Gasteiger partial charge on any atom is -0.122 e. The van der Waals surface area contributed by atoms with Crippen LogP contribution in [0.1, 0.15) is 12.8 Å². The Labute approximate surface area is 45.5 Å². The molecule has 0 radical (unpaired) electrons. The van der Waals surface area contributed by atoms with Gasteiger partial charge in [-0.2, -0.15) is 0 Å². The van der Waals surface area contributed by atoms with Gasteiger partial charge in [-0.05, 0) is 24.3 Å². The van der Waals surface area contributed by atoms with Crippen molar-refractivity contribution in [2.45, 2.75) is 12.8 Å². The average Bonchev–Trinajstić information content (AvgIpc) is 1.86. The number of hydrogen-bond donors (Lipinski definition) is 0. The lowest BCUT2D eigenvalue weighted by molar-refractivity contribution is 0.949. The molecule has 1 fully saturated rings. The van der Waals surface area contributed by atoms with Gasteiger partial charge < -0.3 is 0 Å². The van der Waals surface area contributed by atoms with Crippen LogP contribution in [-0.4, -0.2) is 11.5 Å². The zero-order valence-electron chi connectivity index (χ0n) is 3.64. The lowest BCUT2D eigenvalue weighted by Gasteiger charge is -1.80. The zero-order valence-corrected chi connectivity index (χ0v) is 5.28. The molecule has 0 bridgehead atoms. The van der Waals surface area contributed by atoms with Crippen molar-refractivity contribution in [1.29, 1.82) is 0 Å². The van der Waals surface area contributed by atoms with Crippen LogP contribution in [0.15, 0.2) is 0 Å². The van der Waals surface area contributed by atoms with E-state index >= 15 is 0 Å². The smallest absolute Gasteiger partial charge is 0.00206 e. The Kier molecular flexibility index (Phi) is 1.60. The van der Waals surface area contributed by atoms with E-state index < -0.39 is 0 Å². The van der Waals surface area contributed by atoms with Crippen molar-refractivity contribution in [2.24, 2.45) is 0 Å². The summed E-state index contributed by atoms with van der Waals surface area (Å²) in [6, 6.07) is 0. The Hall–Kier alpha value is 0.570. The lowest BCUT2D eigenvalue weighted by Crippen LogP contribution is -1.83. The van der Waals surface area contributed by atoms with E-state index in [-0.39, 0.29) is 0 Å². The molecule has 2 heteroatoms. The molecule has 0 aromatic carbocycles. The highest BCUT2D eigenvalue weighted by molar-refractivity contribution is 8.29. The van der Waals surface area contributed by atoms with Gasteiger partial charge in [-0.15, -0.1) is 9.45 Å². The summed E-state index contributed by atoms with van der Waals surface area (Å²) in [4.78, 5) is 0. The molecular weight excluding hydrogens is 112 g/mol. The fourth-order valence-corrected chi connectivity index (χ4v) is 2.59. The van der Waals surface area contributed by atoms with E-state index in [0.29, 0.717) is 9.45 Å². The van der Waals surface area contributed by atoms with Crippen molar-refractivity contribution in [1.82, 2.24) is 0 Å². The lowest BCUT2D eigenvalue weighted by atomic mass is 10.4. The molecule has 0 nitrogen and oxygen atoms in total. The number of hydrogen-bond acceptors (Lipinski definition) is 1. The maximum absolute atomic E-state index is 5.03. The molecule has 0 atom stereocenters. The van der Waals surface area contributed by atoms with Gasteiger partial charge in [-0.3, -0.25) is 0 Å². The molecular formula is C4H8S2. The van der Waals surface area contributed by atoms with Crippen LogP contribution < -0.4 is 0 Å². The summed E-state index contributed by atoms with van der Waals surface area (Å²) in [7, 11) is 0.410. The van der Waals surface area contributed by atoms with Gasteiger partial charge in [0.25, 0.3) is 0 Å². The highest BCUT2D eigenvalue weighted by Crippen LogP contribution is 2.04. The third-order valence-corrected chi connectivity index (χ3v) is 3.48. The predicted molar refractivity (Wildman–Crippen MR) is 33.7 cm³/mol. The van der Waals surface area contributed by atoms with E-state index in [4.69, 9.17) is 11.2 Å². The zero-order chi connectivity index (χ0) is 4.41. The van der Waals surface area contributed by atoms with E-state index in [1.54, 1.807) is 0 Å². The summed E-state index contributed by atoms with van der Waals surface area (Å²) in [6.07, 6.45) is 2.79. The maximum Gasteiger partial charge on any atom is -0.00206 e. The maximum atomic E-state index is 5.03. The van der Waals surface area contributed by atoms with Crippen molar-refractivity contribution in [3.63, 3.8) is 0 Å². The molecule has 0 aromatic heterocycles. The summed E-state index contributed by atoms with van der Waals surface area (Å²) < 4.78 is 0. The van der Waals surface area contributed by atoms with Crippen LogP contribution in [0.5, 0.6) is 0 Å². The first kappa shape index (κ1) is 4.72. The Morgan fingerprint density at radius 3 is 1.83 bits per heavy atom. The van der Waals surface area contributed by atoms with Crippen molar-refractivity contribution in [3.05, 3.63) is 0 Å². The van der Waals surface area contributed by atoms with Gasteiger partial charge in [0.15, 0.2) is 0 Å². The standard InChI is InChI=1S/C4H8S2/c5-6-3-1-2-4-6/h1-4H2. The van der Waals surface area contributed by atoms with Gasteiger partial charge in [0.05, 0.1) is 0 Å². The second-order valence-electron chi connectivity index (χ2n) is 1.56. The van der Waals surface area contributed by atoms with E-state index in [2.05, 4.69) is 0 Å². The molecule has 1 rings (SSSR count). The quantitative estimate of drug-likeness (QED) is 0.457. The molecule has 0 saturated carbocycles. The molecule has 0 unspecified atom stereocenters. The second kappa shape index (κ2) is 2.03. The first-order chi connectivity index (χ1) is 2.89. The summed E-state index contributed by atoms with van der Waals surface area (Å²) >= 11 is 5.03. The number of rotatable bonds is 0. The van der Waals surface area contributed by atoms with Crippen LogP contribution in [0.3, 0.4) is 0 Å². The highest BCUT2D eigenvalue weighted by Gasteiger charge is 2.01. The molecule has 1 heterocycles. The molecule has 0 spiro atoms. The van der Waals surface area contributed by atoms with Crippen molar-refractivity contribution in [2.75, 3.05) is 11.5 Å². The SMILES string of the molecule is S=S1CCCC1. The van der Waals surface area contributed by atoms with Crippen LogP contribution in [0.4, 0.5) is 0 Å². The summed E-state index contributed by atoms with van der Waals surface area (Å²) in [5.41, 5.74) is 0. The molecule has 0 amide bonds. The Morgan fingerprint density at radius 2 is 1.67 bits per heavy atom.